The molecule has 0 aliphatic carbocycles. The maximum Gasteiger partial charge on any atom is 0.242 e. The van der Waals surface area contributed by atoms with Gasteiger partial charge >= 0.3 is 0 Å². The molecule has 1 amide bonds. The Kier molecular flexibility index (Phi) is 9.14. The number of aliphatic imine (C=N–C) groups is 1. The summed E-state index contributed by atoms with van der Waals surface area (Å²) in [4.78, 5) is 16.1. The van der Waals surface area contributed by atoms with Crippen LogP contribution in [-0.4, -0.2) is 37.0 Å². The fourth-order valence-corrected chi connectivity index (χ4v) is 1.94. The molecular formula is C17H36N4O. The lowest BCUT2D eigenvalue weighted by molar-refractivity contribution is -0.121. The first kappa shape index (κ1) is 20.7. The zero-order valence-corrected chi connectivity index (χ0v) is 15.6. The molecule has 130 valence electrons. The van der Waals surface area contributed by atoms with E-state index in [1.165, 1.54) is 12.8 Å². The van der Waals surface area contributed by atoms with Crippen LogP contribution < -0.4 is 16.0 Å². The molecule has 0 fully saturated rings. The molecule has 0 radical (unpaired) electrons. The summed E-state index contributed by atoms with van der Waals surface area (Å²) in [6.07, 6.45) is 3.52. The molecule has 0 atom stereocenters. The van der Waals surface area contributed by atoms with Crippen LogP contribution in [0.3, 0.4) is 0 Å². The third kappa shape index (κ3) is 13.7. The van der Waals surface area contributed by atoms with Crippen LogP contribution >= 0.6 is 0 Å². The first-order valence-electron chi connectivity index (χ1n) is 8.37. The number of carbonyl (C=O) groups is 1. The highest BCUT2D eigenvalue weighted by Crippen LogP contribution is 2.21. The molecule has 0 heterocycles. The number of hydrogen-bond donors (Lipinski definition) is 3. The highest BCUT2D eigenvalue weighted by Gasteiger charge is 2.13. The van der Waals surface area contributed by atoms with Crippen molar-refractivity contribution in [3.05, 3.63) is 0 Å². The Hall–Kier alpha value is -1.26. The number of hydrogen-bond acceptors (Lipinski definition) is 2. The van der Waals surface area contributed by atoms with Crippen molar-refractivity contribution >= 4 is 11.9 Å². The maximum absolute atomic E-state index is 11.8. The molecule has 0 aromatic carbocycles. The highest BCUT2D eigenvalue weighted by atomic mass is 16.2. The van der Waals surface area contributed by atoms with Gasteiger partial charge in [0, 0.05) is 18.6 Å². The average molecular weight is 313 g/mol. The van der Waals surface area contributed by atoms with Crippen LogP contribution in [0.5, 0.6) is 0 Å². The Morgan fingerprint density at radius 2 is 1.64 bits per heavy atom. The summed E-state index contributed by atoms with van der Waals surface area (Å²) in [6.45, 7) is 16.5. The van der Waals surface area contributed by atoms with Gasteiger partial charge in [-0.1, -0.05) is 27.2 Å². The number of guanidine groups is 1. The van der Waals surface area contributed by atoms with Crippen LogP contribution in [0.1, 0.15) is 67.7 Å². The van der Waals surface area contributed by atoms with Gasteiger partial charge in [-0.3, -0.25) is 4.79 Å². The van der Waals surface area contributed by atoms with E-state index in [0.29, 0.717) is 11.4 Å². The summed E-state index contributed by atoms with van der Waals surface area (Å²) in [5.74, 6) is 0.653. The lowest BCUT2D eigenvalue weighted by atomic mass is 9.90. The van der Waals surface area contributed by atoms with Crippen molar-refractivity contribution in [1.82, 2.24) is 16.0 Å². The minimum Gasteiger partial charge on any atom is -0.357 e. The molecule has 0 unspecified atom stereocenters. The predicted octanol–water partition coefficient (Wildman–Crippen LogP) is 2.67. The van der Waals surface area contributed by atoms with Crippen LogP contribution in [0.2, 0.25) is 0 Å². The van der Waals surface area contributed by atoms with Gasteiger partial charge in [0.05, 0.1) is 0 Å². The van der Waals surface area contributed by atoms with Gasteiger partial charge in [-0.25, -0.2) is 4.99 Å². The third-order valence-corrected chi connectivity index (χ3v) is 2.89. The van der Waals surface area contributed by atoms with Crippen LogP contribution in [0.15, 0.2) is 4.99 Å². The Balaban J connectivity index is 4.14. The van der Waals surface area contributed by atoms with Crippen molar-refractivity contribution in [1.29, 1.82) is 0 Å². The molecule has 0 rings (SSSR count). The molecule has 5 nitrogen and oxygen atoms in total. The Morgan fingerprint density at radius 3 is 2.14 bits per heavy atom. The summed E-state index contributed by atoms with van der Waals surface area (Å²) >= 11 is 0. The van der Waals surface area contributed by atoms with Crippen molar-refractivity contribution in [3.63, 3.8) is 0 Å². The molecule has 0 saturated carbocycles. The molecule has 5 heteroatoms. The first-order chi connectivity index (χ1) is 10.0. The van der Waals surface area contributed by atoms with E-state index in [4.69, 9.17) is 0 Å². The standard InChI is InChI=1S/C17H36N4O/c1-8-18-15(19-12-10-9-11-16(2,3)4)20-13-14(22)21-17(5,6)7/h8-13H2,1-7H3,(H,21,22)(H2,18,19,20). The van der Waals surface area contributed by atoms with Crippen molar-refractivity contribution in [2.24, 2.45) is 10.4 Å². The van der Waals surface area contributed by atoms with E-state index >= 15 is 0 Å². The second kappa shape index (κ2) is 9.70. The van der Waals surface area contributed by atoms with Crippen molar-refractivity contribution in [2.45, 2.75) is 73.3 Å². The number of unbranched alkanes of at least 4 members (excludes halogenated alkanes) is 1. The highest BCUT2D eigenvalue weighted by molar-refractivity contribution is 5.85. The van der Waals surface area contributed by atoms with Gasteiger partial charge < -0.3 is 16.0 Å². The van der Waals surface area contributed by atoms with Crippen LogP contribution in [0.4, 0.5) is 0 Å². The molecule has 3 N–H and O–H groups in total. The topological polar surface area (TPSA) is 65.5 Å². The predicted molar refractivity (Wildman–Crippen MR) is 95.2 cm³/mol. The van der Waals surface area contributed by atoms with Crippen molar-refractivity contribution < 1.29 is 4.79 Å². The number of nitrogens with one attached hydrogen (secondary N) is 3. The summed E-state index contributed by atoms with van der Waals surface area (Å²) in [7, 11) is 0. The third-order valence-electron chi connectivity index (χ3n) is 2.89. The zero-order valence-electron chi connectivity index (χ0n) is 15.6. The minimum absolute atomic E-state index is 0.0579. The molecular weight excluding hydrogens is 276 g/mol. The van der Waals surface area contributed by atoms with E-state index in [-0.39, 0.29) is 18.0 Å². The lowest BCUT2D eigenvalue weighted by Gasteiger charge is -2.20. The first-order valence-corrected chi connectivity index (χ1v) is 8.37. The molecule has 0 bridgehead atoms. The van der Waals surface area contributed by atoms with Crippen LogP contribution in [0, 0.1) is 5.41 Å². The number of carbonyl (C=O) groups excluding carboxylic acids is 1. The van der Waals surface area contributed by atoms with Gasteiger partial charge in [0.1, 0.15) is 6.54 Å². The summed E-state index contributed by atoms with van der Waals surface area (Å²) in [5, 5.41) is 9.36. The van der Waals surface area contributed by atoms with Crippen molar-refractivity contribution in [3.8, 4) is 0 Å². The molecule has 0 aromatic rings. The van der Waals surface area contributed by atoms with E-state index < -0.39 is 0 Å². The second-order valence-electron chi connectivity index (χ2n) is 7.94. The Bertz CT molecular complexity index is 351. The largest absolute Gasteiger partial charge is 0.357 e. The number of amides is 1. The summed E-state index contributed by atoms with van der Waals surface area (Å²) in [6, 6.07) is 0. The van der Waals surface area contributed by atoms with Crippen molar-refractivity contribution in [2.75, 3.05) is 19.6 Å². The maximum atomic E-state index is 11.8. The minimum atomic E-state index is -0.217. The van der Waals surface area contributed by atoms with Gasteiger partial charge in [-0.05, 0) is 46.0 Å². The van der Waals surface area contributed by atoms with Gasteiger partial charge in [0.2, 0.25) is 5.91 Å². The van der Waals surface area contributed by atoms with Crippen LogP contribution in [0.25, 0.3) is 0 Å². The monoisotopic (exact) mass is 312 g/mol. The van der Waals surface area contributed by atoms with E-state index in [1.807, 2.05) is 27.7 Å². The van der Waals surface area contributed by atoms with E-state index in [1.54, 1.807) is 0 Å². The SMILES string of the molecule is CCNC(=NCC(=O)NC(C)(C)C)NCCCCC(C)(C)C. The lowest BCUT2D eigenvalue weighted by Crippen LogP contribution is -2.43. The smallest absolute Gasteiger partial charge is 0.242 e. The Labute approximate surface area is 136 Å². The molecule has 0 aromatic heterocycles. The zero-order chi connectivity index (χ0) is 17.2. The molecule has 22 heavy (non-hydrogen) atoms. The Morgan fingerprint density at radius 1 is 1.00 bits per heavy atom. The fourth-order valence-electron chi connectivity index (χ4n) is 1.94. The quantitative estimate of drug-likeness (QED) is 0.385. The molecule has 0 aliphatic heterocycles. The van der Waals surface area contributed by atoms with Gasteiger partial charge in [0.25, 0.3) is 0 Å². The van der Waals surface area contributed by atoms with Gasteiger partial charge in [-0.15, -0.1) is 0 Å². The van der Waals surface area contributed by atoms with Gasteiger partial charge in [0.15, 0.2) is 5.96 Å². The molecule has 0 spiro atoms. The second-order valence-corrected chi connectivity index (χ2v) is 7.94. The molecule has 0 saturated heterocycles. The van der Waals surface area contributed by atoms with Gasteiger partial charge in [-0.2, -0.15) is 0 Å². The normalized spacial score (nSPS) is 13.0. The van der Waals surface area contributed by atoms with Crippen LogP contribution in [-0.2, 0) is 4.79 Å². The fraction of sp³-hybridized carbons (Fsp3) is 0.882. The summed E-state index contributed by atoms with van der Waals surface area (Å²) in [5.41, 5.74) is 0.176. The summed E-state index contributed by atoms with van der Waals surface area (Å²) < 4.78 is 0. The number of nitrogens with zero attached hydrogens (tertiary/aromatic N) is 1. The van der Waals surface area contributed by atoms with E-state index in [9.17, 15) is 4.79 Å². The molecule has 0 aliphatic rings. The average Bonchev–Trinajstić information content (AvgIpc) is 2.31. The van der Waals surface area contributed by atoms with E-state index in [0.717, 1.165) is 19.5 Å². The number of rotatable bonds is 7. The van der Waals surface area contributed by atoms with E-state index in [2.05, 4.69) is 41.7 Å².